The van der Waals surface area contributed by atoms with Crippen molar-refractivity contribution in [2.75, 3.05) is 14.2 Å². The second-order valence-electron chi connectivity index (χ2n) is 6.54. The summed E-state index contributed by atoms with van der Waals surface area (Å²) in [5, 5.41) is 8.42. The van der Waals surface area contributed by atoms with Gasteiger partial charge in [-0.1, -0.05) is 53.1 Å². The van der Waals surface area contributed by atoms with Crippen LogP contribution in [-0.2, 0) is 0 Å². The maximum Gasteiger partial charge on any atom is 0.148 e. The van der Waals surface area contributed by atoms with Crippen molar-refractivity contribution in [2.45, 2.75) is 20.8 Å². The van der Waals surface area contributed by atoms with E-state index in [0.717, 1.165) is 5.69 Å². The molecule has 0 amide bonds. The average Bonchev–Trinajstić information content (AvgIpc) is 2.75. The minimum Gasteiger partial charge on any atom is -0.494 e. The van der Waals surface area contributed by atoms with Gasteiger partial charge in [0.15, 0.2) is 0 Å². The first kappa shape index (κ1) is 21.8. The van der Waals surface area contributed by atoms with Crippen LogP contribution in [0.5, 0.6) is 11.5 Å². The number of ether oxygens (including phenoxy) is 2. The van der Waals surface area contributed by atoms with Crippen LogP contribution in [0.15, 0.2) is 75.9 Å². The molecule has 29 heavy (non-hydrogen) atoms. The van der Waals surface area contributed by atoms with Crippen LogP contribution in [0.25, 0.3) is 0 Å². The van der Waals surface area contributed by atoms with Gasteiger partial charge in [0, 0.05) is 12.1 Å². The SMILES string of the molecule is C=Nc1cc(OC)c(N=Nc2ccc(C)cc2)cc1OC.Cc1ccc(C)cc1. The number of rotatable bonds is 5. The van der Waals surface area contributed by atoms with Crippen molar-refractivity contribution < 1.29 is 9.47 Å². The topological polar surface area (TPSA) is 55.5 Å². The Balaban J connectivity index is 0.000000313. The van der Waals surface area contributed by atoms with Gasteiger partial charge in [0.2, 0.25) is 0 Å². The molecule has 0 N–H and O–H groups in total. The van der Waals surface area contributed by atoms with E-state index < -0.39 is 0 Å². The van der Waals surface area contributed by atoms with E-state index in [1.165, 1.54) is 16.7 Å². The molecule has 3 aromatic carbocycles. The zero-order valence-electron chi connectivity index (χ0n) is 17.6. The summed E-state index contributed by atoms with van der Waals surface area (Å²) in [5.41, 5.74) is 5.78. The summed E-state index contributed by atoms with van der Waals surface area (Å²) in [4.78, 5) is 3.89. The number of methoxy groups -OCH3 is 2. The molecule has 0 aromatic heterocycles. The first-order valence-corrected chi connectivity index (χ1v) is 9.21. The van der Waals surface area contributed by atoms with E-state index in [9.17, 15) is 0 Å². The Labute approximate surface area is 172 Å². The van der Waals surface area contributed by atoms with Crippen molar-refractivity contribution in [3.8, 4) is 11.5 Å². The molecule has 5 nitrogen and oxygen atoms in total. The van der Waals surface area contributed by atoms with Crippen LogP contribution in [0.3, 0.4) is 0 Å². The first-order valence-electron chi connectivity index (χ1n) is 9.21. The molecule has 0 aliphatic carbocycles. The summed E-state index contributed by atoms with van der Waals surface area (Å²) in [6, 6.07) is 19.7. The van der Waals surface area contributed by atoms with E-state index in [1.807, 2.05) is 31.2 Å². The summed E-state index contributed by atoms with van der Waals surface area (Å²) in [6.07, 6.45) is 0. The number of aliphatic imine (C=N–C) groups is 1. The third-order valence-corrected chi connectivity index (χ3v) is 4.18. The van der Waals surface area contributed by atoms with Gasteiger partial charge < -0.3 is 9.47 Å². The second-order valence-corrected chi connectivity index (χ2v) is 6.54. The van der Waals surface area contributed by atoms with Crippen LogP contribution in [0.1, 0.15) is 16.7 Å². The number of hydrogen-bond donors (Lipinski definition) is 0. The van der Waals surface area contributed by atoms with Gasteiger partial charge in [-0.15, -0.1) is 5.11 Å². The summed E-state index contributed by atoms with van der Waals surface area (Å²) >= 11 is 0. The molecule has 3 aromatic rings. The fourth-order valence-corrected chi connectivity index (χ4v) is 2.43. The Morgan fingerprint density at radius 2 is 1.03 bits per heavy atom. The Morgan fingerprint density at radius 3 is 1.48 bits per heavy atom. The molecule has 5 heteroatoms. The lowest BCUT2D eigenvalue weighted by molar-refractivity contribution is 0.405. The van der Waals surface area contributed by atoms with E-state index in [2.05, 4.69) is 60.1 Å². The van der Waals surface area contributed by atoms with Crippen LogP contribution in [0.2, 0.25) is 0 Å². The lowest BCUT2D eigenvalue weighted by atomic mass is 10.2. The smallest absolute Gasteiger partial charge is 0.148 e. The molecule has 150 valence electrons. The first-order chi connectivity index (χ1) is 14.0. The highest BCUT2D eigenvalue weighted by Crippen LogP contribution is 2.40. The Kier molecular flexibility index (Phi) is 8.10. The molecule has 0 bridgehead atoms. The molecular weight excluding hydrogens is 362 g/mol. The Morgan fingerprint density at radius 1 is 0.621 bits per heavy atom. The predicted octanol–water partition coefficient (Wildman–Crippen LogP) is 7.06. The monoisotopic (exact) mass is 389 g/mol. The molecule has 0 heterocycles. The van der Waals surface area contributed by atoms with Gasteiger partial charge in [-0.2, -0.15) is 5.11 Å². The van der Waals surface area contributed by atoms with Crippen molar-refractivity contribution in [3.05, 3.63) is 77.4 Å². The molecule has 0 saturated carbocycles. The molecule has 0 spiro atoms. The maximum absolute atomic E-state index is 5.30. The van der Waals surface area contributed by atoms with Gasteiger partial charge in [-0.05, 0) is 39.6 Å². The molecule has 0 aliphatic heterocycles. The van der Waals surface area contributed by atoms with Crippen LogP contribution >= 0.6 is 0 Å². The van der Waals surface area contributed by atoms with E-state index in [0.29, 0.717) is 22.9 Å². The standard InChI is InChI=1S/C16H17N3O2.C8H10/c1-11-5-7-12(8-6-11)18-19-14-10-15(20-3)13(17-2)9-16(14)21-4;1-7-3-5-8(2)6-4-7/h5-10H,2H2,1,3-4H3;3-6H,1-2H3. The number of benzene rings is 3. The molecule has 0 aliphatic rings. The van der Waals surface area contributed by atoms with Crippen LogP contribution in [0, 0.1) is 20.8 Å². The normalized spacial score (nSPS) is 10.2. The molecule has 0 unspecified atom stereocenters. The fourth-order valence-electron chi connectivity index (χ4n) is 2.43. The lowest BCUT2D eigenvalue weighted by Gasteiger charge is -2.09. The largest absolute Gasteiger partial charge is 0.494 e. The van der Waals surface area contributed by atoms with E-state index >= 15 is 0 Å². The van der Waals surface area contributed by atoms with Gasteiger partial charge in [0.1, 0.15) is 22.9 Å². The number of hydrogen-bond acceptors (Lipinski definition) is 5. The number of azo groups is 1. The highest BCUT2D eigenvalue weighted by molar-refractivity contribution is 5.68. The van der Waals surface area contributed by atoms with Crippen LogP contribution in [0.4, 0.5) is 17.1 Å². The minimum absolute atomic E-state index is 0.564. The number of aryl methyl sites for hydroxylation is 3. The van der Waals surface area contributed by atoms with Gasteiger partial charge in [-0.25, -0.2) is 0 Å². The second kappa shape index (κ2) is 10.8. The van der Waals surface area contributed by atoms with E-state index in [4.69, 9.17) is 9.47 Å². The molecule has 0 atom stereocenters. The highest BCUT2D eigenvalue weighted by atomic mass is 16.5. The van der Waals surface area contributed by atoms with Crippen LogP contribution in [-0.4, -0.2) is 20.9 Å². The summed E-state index contributed by atoms with van der Waals surface area (Å²) in [6.45, 7) is 9.72. The molecule has 0 radical (unpaired) electrons. The molecule has 0 saturated heterocycles. The van der Waals surface area contributed by atoms with Gasteiger partial charge in [0.25, 0.3) is 0 Å². The summed E-state index contributed by atoms with van der Waals surface area (Å²) < 4.78 is 10.6. The molecule has 3 rings (SSSR count). The predicted molar refractivity (Wildman–Crippen MR) is 120 cm³/mol. The summed E-state index contributed by atoms with van der Waals surface area (Å²) in [5.74, 6) is 1.14. The van der Waals surface area contributed by atoms with Crippen molar-refractivity contribution in [1.82, 2.24) is 0 Å². The van der Waals surface area contributed by atoms with Crippen molar-refractivity contribution >= 4 is 23.8 Å². The maximum atomic E-state index is 5.30. The van der Waals surface area contributed by atoms with Gasteiger partial charge >= 0.3 is 0 Å². The van der Waals surface area contributed by atoms with Gasteiger partial charge in [0.05, 0.1) is 19.9 Å². The van der Waals surface area contributed by atoms with Crippen LogP contribution < -0.4 is 9.47 Å². The zero-order valence-corrected chi connectivity index (χ0v) is 17.6. The average molecular weight is 389 g/mol. The van der Waals surface area contributed by atoms with E-state index in [-0.39, 0.29) is 0 Å². The highest BCUT2D eigenvalue weighted by Gasteiger charge is 2.10. The fraction of sp³-hybridized carbons (Fsp3) is 0.208. The Bertz CT molecular complexity index is 942. The van der Waals surface area contributed by atoms with Crippen molar-refractivity contribution in [2.24, 2.45) is 15.2 Å². The van der Waals surface area contributed by atoms with Crippen molar-refractivity contribution in [1.29, 1.82) is 0 Å². The van der Waals surface area contributed by atoms with E-state index in [1.54, 1.807) is 26.4 Å². The Hall–Kier alpha value is -3.47. The molecule has 0 fully saturated rings. The molecular formula is C24H27N3O2. The number of nitrogens with zero attached hydrogens (tertiary/aromatic N) is 3. The third-order valence-electron chi connectivity index (χ3n) is 4.18. The van der Waals surface area contributed by atoms with Crippen molar-refractivity contribution in [3.63, 3.8) is 0 Å². The zero-order chi connectivity index (χ0) is 21.2. The van der Waals surface area contributed by atoms with Gasteiger partial charge in [-0.3, -0.25) is 4.99 Å². The third kappa shape index (κ3) is 6.57. The summed E-state index contributed by atoms with van der Waals surface area (Å²) in [7, 11) is 3.14. The lowest BCUT2D eigenvalue weighted by Crippen LogP contribution is -1.87. The quantitative estimate of drug-likeness (QED) is 0.346. The minimum atomic E-state index is 0.564.